The second-order valence-corrected chi connectivity index (χ2v) is 5.59. The summed E-state index contributed by atoms with van der Waals surface area (Å²) in [5.41, 5.74) is 5.60. The highest BCUT2D eigenvalue weighted by Gasteiger charge is 2.13. The number of aryl methyl sites for hydroxylation is 3. The van der Waals surface area contributed by atoms with Gasteiger partial charge in [-0.05, 0) is 55.2 Å². The molecule has 100 valence electrons. The van der Waals surface area contributed by atoms with Gasteiger partial charge in [-0.3, -0.25) is 0 Å². The topological polar surface area (TPSA) is 20.2 Å². The third-order valence-corrected chi connectivity index (χ3v) is 3.75. The first-order valence-corrected chi connectivity index (χ1v) is 6.85. The molecule has 0 saturated heterocycles. The average molecular weight is 275 g/mol. The molecule has 0 amide bonds. The maximum absolute atomic E-state index is 10.4. The van der Waals surface area contributed by atoms with E-state index < -0.39 is 6.10 Å². The zero-order valence-corrected chi connectivity index (χ0v) is 12.3. The molecule has 2 heteroatoms. The summed E-state index contributed by atoms with van der Waals surface area (Å²) in [6.07, 6.45) is 0.105. The predicted molar refractivity (Wildman–Crippen MR) is 80.8 cm³/mol. The summed E-state index contributed by atoms with van der Waals surface area (Å²) < 4.78 is 0. The smallest absolute Gasteiger partial charge is 0.0833 e. The van der Waals surface area contributed by atoms with Crippen molar-refractivity contribution >= 4 is 11.6 Å². The molecule has 0 aliphatic heterocycles. The molecule has 2 aromatic rings. The van der Waals surface area contributed by atoms with E-state index >= 15 is 0 Å². The van der Waals surface area contributed by atoms with Gasteiger partial charge in [0.2, 0.25) is 0 Å². The Morgan fingerprint density at radius 3 is 2.42 bits per heavy atom. The van der Waals surface area contributed by atoms with Gasteiger partial charge in [-0.1, -0.05) is 41.4 Å². The molecule has 0 fully saturated rings. The first-order valence-electron chi connectivity index (χ1n) is 6.47. The number of hydrogen-bond acceptors (Lipinski definition) is 1. The third-order valence-electron chi connectivity index (χ3n) is 3.52. The Labute approximate surface area is 119 Å². The van der Waals surface area contributed by atoms with Crippen molar-refractivity contribution in [2.75, 3.05) is 0 Å². The highest BCUT2D eigenvalue weighted by molar-refractivity contribution is 6.30. The third kappa shape index (κ3) is 3.37. The molecule has 0 bridgehead atoms. The molecule has 1 unspecified atom stereocenters. The zero-order valence-electron chi connectivity index (χ0n) is 11.6. The van der Waals surface area contributed by atoms with E-state index in [1.54, 1.807) is 0 Å². The molecule has 0 radical (unpaired) electrons. The van der Waals surface area contributed by atoms with E-state index in [0.29, 0.717) is 11.4 Å². The predicted octanol–water partition coefficient (Wildman–Crippen LogP) is 4.54. The Morgan fingerprint density at radius 2 is 1.68 bits per heavy atom. The van der Waals surface area contributed by atoms with Crippen LogP contribution in [0.1, 0.15) is 33.9 Å². The van der Waals surface area contributed by atoms with Crippen molar-refractivity contribution in [1.82, 2.24) is 0 Å². The van der Waals surface area contributed by atoms with Crippen molar-refractivity contribution in [3.63, 3.8) is 0 Å². The minimum Gasteiger partial charge on any atom is -0.388 e. The number of halogens is 1. The summed E-state index contributed by atoms with van der Waals surface area (Å²) in [7, 11) is 0. The summed E-state index contributed by atoms with van der Waals surface area (Å²) >= 11 is 6.01. The SMILES string of the molecule is Cc1ccc(C)c(CC(O)c2cc(Cl)ccc2C)c1. The average Bonchev–Trinajstić information content (AvgIpc) is 2.36. The van der Waals surface area contributed by atoms with E-state index in [1.807, 2.05) is 25.1 Å². The Morgan fingerprint density at radius 1 is 1.00 bits per heavy atom. The molecule has 0 spiro atoms. The van der Waals surface area contributed by atoms with Crippen LogP contribution in [-0.2, 0) is 6.42 Å². The van der Waals surface area contributed by atoms with Crippen LogP contribution in [0.3, 0.4) is 0 Å². The molecular formula is C17H19ClO. The molecule has 1 nitrogen and oxygen atoms in total. The van der Waals surface area contributed by atoms with Crippen LogP contribution in [0.2, 0.25) is 5.02 Å². The maximum atomic E-state index is 10.4. The fourth-order valence-electron chi connectivity index (χ4n) is 2.31. The highest BCUT2D eigenvalue weighted by atomic mass is 35.5. The molecule has 0 aromatic heterocycles. The second kappa shape index (κ2) is 5.77. The van der Waals surface area contributed by atoms with Gasteiger partial charge in [0, 0.05) is 11.4 Å². The van der Waals surface area contributed by atoms with Crippen molar-refractivity contribution in [2.45, 2.75) is 33.3 Å². The van der Waals surface area contributed by atoms with E-state index in [2.05, 4.69) is 32.0 Å². The molecule has 2 aromatic carbocycles. The van der Waals surface area contributed by atoms with Gasteiger partial charge >= 0.3 is 0 Å². The van der Waals surface area contributed by atoms with Gasteiger partial charge in [0.05, 0.1) is 6.10 Å². The first kappa shape index (κ1) is 14.1. The Kier molecular flexibility index (Phi) is 4.28. The highest BCUT2D eigenvalue weighted by Crippen LogP contribution is 2.26. The molecule has 1 N–H and O–H groups in total. The standard InChI is InChI=1S/C17H19ClO/c1-11-4-5-12(2)14(8-11)9-17(19)16-10-15(18)7-6-13(16)3/h4-8,10,17,19H,9H2,1-3H3. The quantitative estimate of drug-likeness (QED) is 0.871. The van der Waals surface area contributed by atoms with E-state index in [9.17, 15) is 5.11 Å². The van der Waals surface area contributed by atoms with Gasteiger partial charge < -0.3 is 5.11 Å². The number of aliphatic hydroxyl groups is 1. The minimum absolute atomic E-state index is 0.515. The Hall–Kier alpha value is -1.31. The summed E-state index contributed by atoms with van der Waals surface area (Å²) in [5.74, 6) is 0. The van der Waals surface area contributed by atoms with Gasteiger partial charge in [-0.15, -0.1) is 0 Å². The molecule has 0 aliphatic rings. The first-order chi connectivity index (χ1) is 8.97. The maximum Gasteiger partial charge on any atom is 0.0833 e. The van der Waals surface area contributed by atoms with E-state index in [0.717, 1.165) is 11.1 Å². The Balaban J connectivity index is 2.27. The van der Waals surface area contributed by atoms with Crippen molar-refractivity contribution < 1.29 is 5.11 Å². The molecule has 0 aliphatic carbocycles. The fraction of sp³-hybridized carbons (Fsp3) is 0.294. The van der Waals surface area contributed by atoms with Crippen LogP contribution in [0.4, 0.5) is 0 Å². The number of benzene rings is 2. The molecule has 1 atom stereocenters. The summed E-state index contributed by atoms with van der Waals surface area (Å²) in [5, 5.41) is 11.1. The van der Waals surface area contributed by atoms with E-state index in [-0.39, 0.29) is 0 Å². The van der Waals surface area contributed by atoms with Gasteiger partial charge in [0.25, 0.3) is 0 Å². The molecule has 0 heterocycles. The van der Waals surface area contributed by atoms with Gasteiger partial charge in [0.1, 0.15) is 0 Å². The van der Waals surface area contributed by atoms with Crippen LogP contribution in [0.5, 0.6) is 0 Å². The lowest BCUT2D eigenvalue weighted by Crippen LogP contribution is -2.05. The molecule has 19 heavy (non-hydrogen) atoms. The number of hydrogen-bond donors (Lipinski definition) is 1. The normalized spacial score (nSPS) is 12.5. The van der Waals surface area contributed by atoms with Gasteiger partial charge in [-0.25, -0.2) is 0 Å². The summed E-state index contributed by atoms with van der Waals surface area (Å²) in [6.45, 7) is 6.14. The monoisotopic (exact) mass is 274 g/mol. The molecule has 0 saturated carbocycles. The van der Waals surface area contributed by atoms with Crippen molar-refractivity contribution in [2.24, 2.45) is 0 Å². The van der Waals surface area contributed by atoms with Crippen molar-refractivity contribution in [1.29, 1.82) is 0 Å². The summed E-state index contributed by atoms with van der Waals surface area (Å²) in [6, 6.07) is 12.0. The van der Waals surface area contributed by atoms with Crippen LogP contribution in [0.15, 0.2) is 36.4 Å². The van der Waals surface area contributed by atoms with Gasteiger partial charge in [0.15, 0.2) is 0 Å². The lowest BCUT2D eigenvalue weighted by atomic mass is 9.94. The largest absolute Gasteiger partial charge is 0.388 e. The lowest BCUT2D eigenvalue weighted by molar-refractivity contribution is 0.177. The molecule has 2 rings (SSSR count). The number of rotatable bonds is 3. The second-order valence-electron chi connectivity index (χ2n) is 5.15. The minimum atomic E-state index is -0.515. The Bertz CT molecular complexity index is 590. The van der Waals surface area contributed by atoms with Crippen LogP contribution in [0.25, 0.3) is 0 Å². The van der Waals surface area contributed by atoms with Crippen LogP contribution in [-0.4, -0.2) is 5.11 Å². The molecular weight excluding hydrogens is 256 g/mol. The van der Waals surface area contributed by atoms with E-state index in [4.69, 9.17) is 11.6 Å². The van der Waals surface area contributed by atoms with Gasteiger partial charge in [-0.2, -0.15) is 0 Å². The zero-order chi connectivity index (χ0) is 14.0. The van der Waals surface area contributed by atoms with Crippen LogP contribution < -0.4 is 0 Å². The van der Waals surface area contributed by atoms with Crippen molar-refractivity contribution in [3.8, 4) is 0 Å². The van der Waals surface area contributed by atoms with Crippen molar-refractivity contribution in [3.05, 3.63) is 69.2 Å². The fourth-order valence-corrected chi connectivity index (χ4v) is 2.49. The van der Waals surface area contributed by atoms with Crippen LogP contribution >= 0.6 is 11.6 Å². The lowest BCUT2D eigenvalue weighted by Gasteiger charge is -2.16. The summed E-state index contributed by atoms with van der Waals surface area (Å²) in [4.78, 5) is 0. The number of aliphatic hydroxyl groups excluding tert-OH is 1. The van der Waals surface area contributed by atoms with Crippen LogP contribution in [0, 0.1) is 20.8 Å². The van der Waals surface area contributed by atoms with E-state index in [1.165, 1.54) is 16.7 Å².